The molecule has 1 aromatic carbocycles. The first-order valence-corrected chi connectivity index (χ1v) is 9.97. The monoisotopic (exact) mass is 418 g/mol. The molecule has 0 bridgehead atoms. The number of ether oxygens (including phenoxy) is 3. The lowest BCUT2D eigenvalue weighted by Crippen LogP contribution is -2.33. The van der Waals surface area contributed by atoms with Crippen molar-refractivity contribution >= 4 is 29.4 Å². The summed E-state index contributed by atoms with van der Waals surface area (Å²) in [6.07, 6.45) is 3.21. The van der Waals surface area contributed by atoms with E-state index in [-0.39, 0.29) is 36.6 Å². The molecule has 1 aliphatic carbocycles. The van der Waals surface area contributed by atoms with Gasteiger partial charge in [-0.1, -0.05) is 12.8 Å². The van der Waals surface area contributed by atoms with Gasteiger partial charge in [-0.2, -0.15) is 0 Å². The van der Waals surface area contributed by atoms with Gasteiger partial charge >= 0.3 is 5.97 Å². The van der Waals surface area contributed by atoms with Crippen molar-refractivity contribution < 1.29 is 33.4 Å². The van der Waals surface area contributed by atoms with E-state index in [1.165, 1.54) is 19.1 Å². The summed E-state index contributed by atoms with van der Waals surface area (Å²) in [5.74, 6) is -1.08. The van der Waals surface area contributed by atoms with E-state index in [1.54, 1.807) is 18.2 Å². The standard InChI is InChI=1S/C21H26N2O7/c1-28-13-7-8-16(17(11-13)29-2)22-18(24)12-30-19(25)9-10-23-20(26)14-5-3-4-6-15(14)21(23)27/h7-8,11,14-15H,3-6,9-10,12H2,1-2H3,(H,22,24)/t14-,15+. The second kappa shape index (κ2) is 9.60. The Bertz CT molecular complexity index is 815. The summed E-state index contributed by atoms with van der Waals surface area (Å²) in [7, 11) is 2.98. The highest BCUT2D eigenvalue weighted by molar-refractivity contribution is 6.05. The zero-order valence-electron chi connectivity index (χ0n) is 17.1. The number of amides is 3. The van der Waals surface area contributed by atoms with Crippen LogP contribution in [0, 0.1) is 11.8 Å². The van der Waals surface area contributed by atoms with E-state index >= 15 is 0 Å². The van der Waals surface area contributed by atoms with E-state index in [2.05, 4.69) is 5.32 Å². The molecule has 2 aliphatic rings. The summed E-state index contributed by atoms with van der Waals surface area (Å²) in [6.45, 7) is -0.501. The van der Waals surface area contributed by atoms with Gasteiger partial charge in [-0.25, -0.2) is 0 Å². The number of nitrogens with one attached hydrogen (secondary N) is 1. The average molecular weight is 418 g/mol. The number of esters is 1. The molecule has 3 amide bonds. The number of imide groups is 1. The van der Waals surface area contributed by atoms with Crippen molar-refractivity contribution in [2.45, 2.75) is 32.1 Å². The van der Waals surface area contributed by atoms with Crippen molar-refractivity contribution in [3.8, 4) is 11.5 Å². The molecule has 30 heavy (non-hydrogen) atoms. The fraction of sp³-hybridized carbons (Fsp3) is 0.524. The van der Waals surface area contributed by atoms with Crippen LogP contribution in [-0.2, 0) is 23.9 Å². The number of anilines is 1. The van der Waals surface area contributed by atoms with E-state index in [9.17, 15) is 19.2 Å². The molecule has 0 unspecified atom stereocenters. The molecule has 9 nitrogen and oxygen atoms in total. The number of rotatable bonds is 8. The molecule has 1 N–H and O–H groups in total. The van der Waals surface area contributed by atoms with Crippen molar-refractivity contribution in [3.05, 3.63) is 18.2 Å². The molecule has 1 saturated carbocycles. The number of fused-ring (bicyclic) bond motifs is 1. The zero-order valence-corrected chi connectivity index (χ0v) is 17.1. The molecule has 1 aromatic rings. The third-order valence-corrected chi connectivity index (χ3v) is 5.52. The third kappa shape index (κ3) is 4.72. The predicted octanol–water partition coefficient (Wildman–Crippen LogP) is 1.75. The lowest BCUT2D eigenvalue weighted by atomic mass is 9.81. The van der Waals surface area contributed by atoms with E-state index in [4.69, 9.17) is 14.2 Å². The van der Waals surface area contributed by atoms with Gasteiger partial charge in [-0.15, -0.1) is 0 Å². The molecule has 1 saturated heterocycles. The fourth-order valence-electron chi connectivity index (χ4n) is 3.96. The molecule has 0 aromatic heterocycles. The number of likely N-dealkylation sites (tertiary alicyclic amines) is 1. The minimum Gasteiger partial charge on any atom is -0.497 e. The Labute approximate surface area is 174 Å². The molecule has 1 heterocycles. The summed E-state index contributed by atoms with van der Waals surface area (Å²) in [6, 6.07) is 4.89. The summed E-state index contributed by atoms with van der Waals surface area (Å²) in [4.78, 5) is 50.1. The molecule has 3 rings (SSSR count). The first-order chi connectivity index (χ1) is 14.4. The molecule has 2 fully saturated rings. The number of hydrogen-bond acceptors (Lipinski definition) is 7. The van der Waals surface area contributed by atoms with Gasteiger partial charge in [-0.05, 0) is 25.0 Å². The maximum Gasteiger partial charge on any atom is 0.308 e. The van der Waals surface area contributed by atoms with Gasteiger partial charge in [0, 0.05) is 12.6 Å². The number of carbonyl (C=O) groups is 4. The largest absolute Gasteiger partial charge is 0.497 e. The fourth-order valence-corrected chi connectivity index (χ4v) is 3.96. The molecule has 0 radical (unpaired) electrons. The third-order valence-electron chi connectivity index (χ3n) is 5.52. The Kier molecular flexibility index (Phi) is 6.91. The van der Waals surface area contributed by atoms with E-state index in [0.717, 1.165) is 25.7 Å². The van der Waals surface area contributed by atoms with E-state index in [0.29, 0.717) is 17.2 Å². The minimum absolute atomic E-state index is 0.0164. The maximum atomic E-state index is 12.4. The molecular weight excluding hydrogens is 392 g/mol. The Balaban J connectivity index is 1.45. The Morgan fingerprint density at radius 1 is 1.07 bits per heavy atom. The van der Waals surface area contributed by atoms with Crippen molar-refractivity contribution in [1.82, 2.24) is 4.90 Å². The van der Waals surface area contributed by atoms with Crippen LogP contribution < -0.4 is 14.8 Å². The summed E-state index contributed by atoms with van der Waals surface area (Å²) in [5, 5.41) is 2.60. The van der Waals surface area contributed by atoms with Crippen LogP contribution in [0.5, 0.6) is 11.5 Å². The van der Waals surface area contributed by atoms with Crippen LogP contribution in [0.15, 0.2) is 18.2 Å². The highest BCUT2D eigenvalue weighted by atomic mass is 16.5. The smallest absolute Gasteiger partial charge is 0.308 e. The van der Waals surface area contributed by atoms with Gasteiger partial charge in [-0.3, -0.25) is 24.1 Å². The summed E-state index contributed by atoms with van der Waals surface area (Å²) in [5.41, 5.74) is 0.412. The van der Waals surface area contributed by atoms with Crippen molar-refractivity contribution in [2.24, 2.45) is 11.8 Å². The first kappa shape index (κ1) is 21.6. The normalized spacial score (nSPS) is 20.5. The first-order valence-electron chi connectivity index (χ1n) is 9.97. The number of benzene rings is 1. The lowest BCUT2D eigenvalue weighted by Gasteiger charge is -2.19. The zero-order chi connectivity index (χ0) is 21.7. The van der Waals surface area contributed by atoms with Crippen LogP contribution in [0.1, 0.15) is 32.1 Å². The minimum atomic E-state index is -0.651. The molecule has 0 spiro atoms. The maximum absolute atomic E-state index is 12.4. The van der Waals surface area contributed by atoms with E-state index < -0.39 is 18.5 Å². The van der Waals surface area contributed by atoms with Crippen LogP contribution in [0.3, 0.4) is 0 Å². The second-order valence-corrected chi connectivity index (χ2v) is 7.35. The van der Waals surface area contributed by atoms with Crippen molar-refractivity contribution in [2.75, 3.05) is 32.7 Å². The van der Waals surface area contributed by atoms with Crippen LogP contribution in [0.4, 0.5) is 5.69 Å². The predicted molar refractivity (Wildman–Crippen MR) is 106 cm³/mol. The van der Waals surface area contributed by atoms with Crippen molar-refractivity contribution in [1.29, 1.82) is 0 Å². The summed E-state index contributed by atoms with van der Waals surface area (Å²) >= 11 is 0. The van der Waals surface area contributed by atoms with Crippen molar-refractivity contribution in [3.63, 3.8) is 0 Å². The molecule has 162 valence electrons. The topological polar surface area (TPSA) is 111 Å². The van der Waals surface area contributed by atoms with E-state index in [1.807, 2.05) is 0 Å². The van der Waals surface area contributed by atoms with Gasteiger partial charge in [0.25, 0.3) is 5.91 Å². The molecular formula is C21H26N2O7. The van der Waals surface area contributed by atoms with Crippen LogP contribution in [0.2, 0.25) is 0 Å². The Morgan fingerprint density at radius 2 is 1.73 bits per heavy atom. The SMILES string of the molecule is COc1ccc(NC(=O)COC(=O)CCN2C(=O)[C@H]3CCCC[C@H]3C2=O)c(OC)c1. The van der Waals surface area contributed by atoms with Gasteiger partial charge in [0.05, 0.1) is 38.2 Å². The second-order valence-electron chi connectivity index (χ2n) is 7.35. The molecule has 2 atom stereocenters. The lowest BCUT2D eigenvalue weighted by molar-refractivity contribution is -0.148. The molecule has 9 heteroatoms. The Morgan fingerprint density at radius 3 is 2.33 bits per heavy atom. The van der Waals surface area contributed by atoms with Gasteiger partial charge in [0.2, 0.25) is 11.8 Å². The van der Waals surface area contributed by atoms with Gasteiger partial charge in [0.1, 0.15) is 11.5 Å². The van der Waals surface area contributed by atoms with Crippen LogP contribution >= 0.6 is 0 Å². The number of hydrogen-bond donors (Lipinski definition) is 1. The highest BCUT2D eigenvalue weighted by Crippen LogP contribution is 2.38. The Hall–Kier alpha value is -3.10. The highest BCUT2D eigenvalue weighted by Gasteiger charge is 2.47. The summed E-state index contributed by atoms with van der Waals surface area (Å²) < 4.78 is 15.3. The van der Waals surface area contributed by atoms with Crippen LogP contribution in [0.25, 0.3) is 0 Å². The van der Waals surface area contributed by atoms with Gasteiger partial charge < -0.3 is 19.5 Å². The molecule has 1 aliphatic heterocycles. The van der Waals surface area contributed by atoms with Crippen LogP contribution in [-0.4, -0.2) is 56.0 Å². The number of carbonyl (C=O) groups excluding carboxylic acids is 4. The average Bonchev–Trinajstić information content (AvgIpc) is 3.01. The quantitative estimate of drug-likeness (QED) is 0.506. The van der Waals surface area contributed by atoms with Gasteiger partial charge in [0.15, 0.2) is 6.61 Å². The number of nitrogens with zero attached hydrogens (tertiary/aromatic N) is 1. The number of methoxy groups -OCH3 is 2.